The molecule has 0 saturated carbocycles. The van der Waals surface area contributed by atoms with Crippen molar-refractivity contribution in [1.29, 1.82) is 0 Å². The summed E-state index contributed by atoms with van der Waals surface area (Å²) >= 11 is 0. The molecule has 0 aliphatic carbocycles. The summed E-state index contributed by atoms with van der Waals surface area (Å²) < 4.78 is 5.26. The third-order valence-corrected chi connectivity index (χ3v) is 2.26. The van der Waals surface area contributed by atoms with Gasteiger partial charge in [0, 0.05) is 6.20 Å². The zero-order valence-corrected chi connectivity index (χ0v) is 11.4. The van der Waals surface area contributed by atoms with Crippen molar-refractivity contribution in [3.8, 4) is 5.75 Å². The molecule has 96 valence electrons. The van der Waals surface area contributed by atoms with E-state index in [0.29, 0.717) is 0 Å². The molecule has 0 unspecified atom stereocenters. The Bertz CT molecular complexity index is 483. The molecule has 1 aromatic carbocycles. The number of methoxy groups -OCH3 is 1. The highest BCUT2D eigenvalue weighted by atomic mass is 16.5. The van der Waals surface area contributed by atoms with Crippen LogP contribution in [0.3, 0.4) is 0 Å². The number of anilines is 2. The van der Waals surface area contributed by atoms with Crippen molar-refractivity contribution >= 4 is 11.4 Å². The number of hydrogen-bond donors (Lipinski definition) is 1. The van der Waals surface area contributed by atoms with Crippen LogP contribution in [0.1, 0.15) is 19.4 Å². The third-order valence-electron chi connectivity index (χ3n) is 2.26. The molecule has 1 aromatic heterocycles. The van der Waals surface area contributed by atoms with Gasteiger partial charge in [0.1, 0.15) is 5.75 Å². The van der Waals surface area contributed by atoms with Crippen LogP contribution in [0.15, 0.2) is 42.7 Å². The number of ether oxygens (including phenoxy) is 1. The average molecular weight is 244 g/mol. The first-order valence-electron chi connectivity index (χ1n) is 6.11. The molecule has 2 rings (SSSR count). The maximum absolute atomic E-state index is 5.26. The summed E-state index contributed by atoms with van der Waals surface area (Å²) in [5.74, 6) is 0.823. The van der Waals surface area contributed by atoms with Gasteiger partial charge in [0.05, 0.1) is 24.7 Å². The SMILES string of the molecule is CC.COc1ccccc1Nc1cncc(C)c1. The van der Waals surface area contributed by atoms with E-state index in [4.69, 9.17) is 4.74 Å². The molecule has 1 heterocycles. The van der Waals surface area contributed by atoms with Gasteiger partial charge in [-0.15, -0.1) is 0 Å². The first-order chi connectivity index (χ1) is 8.79. The minimum Gasteiger partial charge on any atom is -0.495 e. The summed E-state index contributed by atoms with van der Waals surface area (Å²) in [5, 5.41) is 3.28. The molecule has 0 amide bonds. The van der Waals surface area contributed by atoms with Gasteiger partial charge in [-0.25, -0.2) is 0 Å². The molecule has 0 aliphatic heterocycles. The van der Waals surface area contributed by atoms with Crippen molar-refractivity contribution in [3.63, 3.8) is 0 Å². The number of pyridine rings is 1. The summed E-state index contributed by atoms with van der Waals surface area (Å²) in [4.78, 5) is 4.13. The lowest BCUT2D eigenvalue weighted by molar-refractivity contribution is 0.417. The van der Waals surface area contributed by atoms with Crippen LogP contribution in [-0.4, -0.2) is 12.1 Å². The largest absolute Gasteiger partial charge is 0.495 e. The second kappa shape index (κ2) is 7.33. The number of hydrogen-bond acceptors (Lipinski definition) is 3. The van der Waals surface area contributed by atoms with Gasteiger partial charge >= 0.3 is 0 Å². The van der Waals surface area contributed by atoms with Crippen LogP contribution in [0.5, 0.6) is 5.75 Å². The lowest BCUT2D eigenvalue weighted by Crippen LogP contribution is -1.95. The maximum atomic E-state index is 5.26. The summed E-state index contributed by atoms with van der Waals surface area (Å²) in [6, 6.07) is 9.85. The molecule has 0 aliphatic rings. The Kier molecular flexibility index (Phi) is 5.71. The molecule has 0 saturated heterocycles. The molecule has 3 nitrogen and oxygen atoms in total. The van der Waals surface area contributed by atoms with E-state index in [1.807, 2.05) is 57.3 Å². The molecular weight excluding hydrogens is 224 g/mol. The Hall–Kier alpha value is -2.03. The van der Waals surface area contributed by atoms with Crippen molar-refractivity contribution in [2.45, 2.75) is 20.8 Å². The fourth-order valence-corrected chi connectivity index (χ4v) is 1.53. The summed E-state index contributed by atoms with van der Waals surface area (Å²) in [7, 11) is 1.66. The van der Waals surface area contributed by atoms with Crippen LogP contribution >= 0.6 is 0 Å². The Balaban J connectivity index is 0.000000771. The quantitative estimate of drug-likeness (QED) is 0.880. The minimum absolute atomic E-state index is 0.823. The molecule has 3 heteroatoms. The van der Waals surface area contributed by atoms with Gasteiger partial charge in [-0.3, -0.25) is 4.98 Å². The Morgan fingerprint density at radius 1 is 1.11 bits per heavy atom. The number of aromatic nitrogens is 1. The highest BCUT2D eigenvalue weighted by molar-refractivity contribution is 5.65. The number of benzene rings is 1. The number of nitrogens with zero attached hydrogens (tertiary/aromatic N) is 1. The third kappa shape index (κ3) is 3.77. The number of para-hydroxylation sites is 2. The van der Waals surface area contributed by atoms with Crippen molar-refractivity contribution in [3.05, 3.63) is 48.3 Å². The molecule has 0 bridgehead atoms. The summed E-state index contributed by atoms with van der Waals surface area (Å²) in [6.07, 6.45) is 3.62. The molecule has 2 aromatic rings. The van der Waals surface area contributed by atoms with Gasteiger partial charge in [0.25, 0.3) is 0 Å². The van der Waals surface area contributed by atoms with Gasteiger partial charge in [-0.2, -0.15) is 0 Å². The van der Waals surface area contributed by atoms with E-state index >= 15 is 0 Å². The van der Waals surface area contributed by atoms with Crippen LogP contribution in [0.25, 0.3) is 0 Å². The van der Waals surface area contributed by atoms with E-state index in [0.717, 1.165) is 22.7 Å². The Labute approximate surface area is 109 Å². The van der Waals surface area contributed by atoms with Crippen molar-refractivity contribution in [2.24, 2.45) is 0 Å². The second-order valence-corrected chi connectivity index (χ2v) is 3.58. The number of aryl methyl sites for hydroxylation is 1. The van der Waals surface area contributed by atoms with Crippen molar-refractivity contribution < 1.29 is 4.74 Å². The highest BCUT2D eigenvalue weighted by Crippen LogP contribution is 2.26. The summed E-state index contributed by atoms with van der Waals surface area (Å²) in [6.45, 7) is 6.01. The number of rotatable bonds is 3. The van der Waals surface area contributed by atoms with E-state index in [-0.39, 0.29) is 0 Å². The maximum Gasteiger partial charge on any atom is 0.142 e. The van der Waals surface area contributed by atoms with Crippen LogP contribution in [0.4, 0.5) is 11.4 Å². The lowest BCUT2D eigenvalue weighted by atomic mass is 10.2. The molecule has 18 heavy (non-hydrogen) atoms. The van der Waals surface area contributed by atoms with Gasteiger partial charge in [0.15, 0.2) is 0 Å². The van der Waals surface area contributed by atoms with Crippen LogP contribution in [0, 0.1) is 6.92 Å². The zero-order valence-electron chi connectivity index (χ0n) is 11.4. The predicted molar refractivity (Wildman–Crippen MR) is 76.6 cm³/mol. The molecule has 0 fully saturated rings. The van der Waals surface area contributed by atoms with Gasteiger partial charge in [0.2, 0.25) is 0 Å². The molecular formula is C15H20N2O. The topological polar surface area (TPSA) is 34.1 Å². The Morgan fingerprint density at radius 2 is 1.83 bits per heavy atom. The predicted octanol–water partition coefficient (Wildman–Crippen LogP) is 4.17. The normalized spacial score (nSPS) is 9.11. The fourth-order valence-electron chi connectivity index (χ4n) is 1.53. The van der Waals surface area contributed by atoms with E-state index in [1.165, 1.54) is 0 Å². The van der Waals surface area contributed by atoms with Crippen LogP contribution in [-0.2, 0) is 0 Å². The molecule has 0 atom stereocenters. The van der Waals surface area contributed by atoms with E-state index in [1.54, 1.807) is 13.3 Å². The second-order valence-electron chi connectivity index (χ2n) is 3.58. The first-order valence-corrected chi connectivity index (χ1v) is 6.11. The molecule has 0 radical (unpaired) electrons. The lowest BCUT2D eigenvalue weighted by Gasteiger charge is -2.10. The first kappa shape index (κ1) is 14.0. The van der Waals surface area contributed by atoms with Gasteiger partial charge < -0.3 is 10.1 Å². The van der Waals surface area contributed by atoms with E-state index in [9.17, 15) is 0 Å². The van der Waals surface area contributed by atoms with Crippen molar-refractivity contribution in [2.75, 3.05) is 12.4 Å². The smallest absolute Gasteiger partial charge is 0.142 e. The van der Waals surface area contributed by atoms with Gasteiger partial charge in [-0.1, -0.05) is 26.0 Å². The van der Waals surface area contributed by atoms with Crippen LogP contribution in [0.2, 0.25) is 0 Å². The average Bonchev–Trinajstić information content (AvgIpc) is 2.42. The van der Waals surface area contributed by atoms with E-state index in [2.05, 4.69) is 10.3 Å². The zero-order chi connectivity index (χ0) is 13.4. The van der Waals surface area contributed by atoms with Crippen LogP contribution < -0.4 is 10.1 Å². The fraction of sp³-hybridized carbons (Fsp3) is 0.267. The van der Waals surface area contributed by atoms with E-state index < -0.39 is 0 Å². The molecule has 1 N–H and O–H groups in total. The standard InChI is InChI=1S/C13H14N2O.C2H6/c1-10-7-11(9-14-8-10)15-12-5-3-4-6-13(12)16-2;1-2/h3-9,15H,1-2H3;1-2H3. The number of nitrogens with one attached hydrogen (secondary N) is 1. The van der Waals surface area contributed by atoms with Crippen molar-refractivity contribution in [1.82, 2.24) is 4.98 Å². The highest BCUT2D eigenvalue weighted by Gasteiger charge is 2.01. The monoisotopic (exact) mass is 244 g/mol. The summed E-state index contributed by atoms with van der Waals surface area (Å²) in [5.41, 5.74) is 3.03. The minimum atomic E-state index is 0.823. The molecule has 0 spiro atoms. The Morgan fingerprint density at radius 3 is 2.50 bits per heavy atom. The van der Waals surface area contributed by atoms with Gasteiger partial charge in [-0.05, 0) is 30.7 Å².